The largest absolute Gasteiger partial charge is 0.493 e. The minimum Gasteiger partial charge on any atom is -0.493 e. The number of nitrogens with two attached hydrogens (primary N) is 1. The quantitative estimate of drug-likeness (QED) is 0.379. The van der Waals surface area contributed by atoms with Gasteiger partial charge in [0.1, 0.15) is 0 Å². The van der Waals surface area contributed by atoms with Gasteiger partial charge in [0.2, 0.25) is 0 Å². The van der Waals surface area contributed by atoms with E-state index >= 15 is 0 Å². The van der Waals surface area contributed by atoms with Gasteiger partial charge < -0.3 is 25.3 Å². The summed E-state index contributed by atoms with van der Waals surface area (Å²) < 4.78 is 16.1. The van der Waals surface area contributed by atoms with E-state index in [0.29, 0.717) is 29.4 Å². The summed E-state index contributed by atoms with van der Waals surface area (Å²) in [7, 11) is 3.26. The number of nitrogens with zero attached hydrogens (tertiary/aromatic N) is 1. The molecule has 146 valence electrons. The van der Waals surface area contributed by atoms with E-state index in [0.717, 1.165) is 31.7 Å². The first kappa shape index (κ1) is 20.4. The van der Waals surface area contributed by atoms with Crippen LogP contribution < -0.4 is 20.5 Å². The average molecular weight is 364 g/mol. The van der Waals surface area contributed by atoms with Crippen LogP contribution in [-0.4, -0.2) is 39.9 Å². The molecule has 1 aromatic rings. The number of hydrogen-bond donors (Lipinski definition) is 2. The fourth-order valence-electron chi connectivity index (χ4n) is 3.56. The van der Waals surface area contributed by atoms with Gasteiger partial charge in [0.25, 0.3) is 0 Å². The maximum atomic E-state index is 6.09. The van der Waals surface area contributed by atoms with Crippen LogP contribution in [-0.2, 0) is 11.3 Å². The number of rotatable bonds is 10. The molecule has 0 bridgehead atoms. The Morgan fingerprint density at radius 1 is 1.19 bits per heavy atom. The van der Waals surface area contributed by atoms with Crippen molar-refractivity contribution in [3.63, 3.8) is 0 Å². The van der Waals surface area contributed by atoms with Crippen LogP contribution in [0.15, 0.2) is 23.2 Å². The third kappa shape index (κ3) is 5.80. The van der Waals surface area contributed by atoms with E-state index in [-0.39, 0.29) is 0 Å². The molecule has 1 fully saturated rings. The van der Waals surface area contributed by atoms with Gasteiger partial charge in [-0.3, -0.25) is 0 Å². The molecule has 26 heavy (non-hydrogen) atoms. The van der Waals surface area contributed by atoms with Gasteiger partial charge in [-0.25, -0.2) is 4.99 Å². The summed E-state index contributed by atoms with van der Waals surface area (Å²) in [6.45, 7) is 5.00. The highest BCUT2D eigenvalue weighted by Gasteiger charge is 2.33. The molecule has 0 radical (unpaired) electrons. The molecular formula is C20H33N3O3. The summed E-state index contributed by atoms with van der Waals surface area (Å²) >= 11 is 0. The number of guanidine groups is 1. The van der Waals surface area contributed by atoms with Gasteiger partial charge >= 0.3 is 0 Å². The Balaban J connectivity index is 1.89. The molecule has 0 saturated heterocycles. The number of benzene rings is 1. The summed E-state index contributed by atoms with van der Waals surface area (Å²) in [5.41, 5.74) is 7.41. The second-order valence-electron chi connectivity index (χ2n) is 6.90. The molecule has 0 aliphatic heterocycles. The zero-order valence-corrected chi connectivity index (χ0v) is 16.3. The first-order chi connectivity index (χ1) is 12.6. The molecule has 1 aliphatic rings. The number of aliphatic imine (C=N–C) groups is 1. The monoisotopic (exact) mass is 363 g/mol. The van der Waals surface area contributed by atoms with Gasteiger partial charge in [0, 0.05) is 19.8 Å². The smallest absolute Gasteiger partial charge is 0.188 e. The second-order valence-corrected chi connectivity index (χ2v) is 6.90. The maximum absolute atomic E-state index is 6.09. The highest BCUT2D eigenvalue weighted by molar-refractivity contribution is 5.77. The van der Waals surface area contributed by atoms with Crippen molar-refractivity contribution in [2.45, 2.75) is 45.6 Å². The normalized spacial score (nSPS) is 16.5. The van der Waals surface area contributed by atoms with E-state index in [1.54, 1.807) is 14.2 Å². The summed E-state index contributed by atoms with van der Waals surface area (Å²) in [6.07, 6.45) is 6.12. The van der Waals surface area contributed by atoms with Crippen molar-refractivity contribution < 1.29 is 14.2 Å². The van der Waals surface area contributed by atoms with Crippen LogP contribution in [0.2, 0.25) is 0 Å². The molecule has 1 aliphatic carbocycles. The van der Waals surface area contributed by atoms with Crippen LogP contribution in [0.25, 0.3) is 0 Å². The van der Waals surface area contributed by atoms with Gasteiger partial charge in [0.05, 0.1) is 20.8 Å². The predicted octanol–water partition coefficient (Wildman–Crippen LogP) is 3.10. The maximum Gasteiger partial charge on any atom is 0.188 e. The Hall–Kier alpha value is -1.95. The SMILES string of the molecule is CCOCCC1(CNC(N)=NCc2ccc(OC)c(OC)c2)CCCC1. The third-order valence-electron chi connectivity index (χ3n) is 5.17. The average Bonchev–Trinajstić information content (AvgIpc) is 3.13. The van der Waals surface area contributed by atoms with Gasteiger partial charge in [-0.15, -0.1) is 0 Å². The molecule has 6 heteroatoms. The van der Waals surface area contributed by atoms with Gasteiger partial charge in [-0.2, -0.15) is 0 Å². The van der Waals surface area contributed by atoms with Crippen LogP contribution in [0.4, 0.5) is 0 Å². The van der Waals surface area contributed by atoms with E-state index in [4.69, 9.17) is 19.9 Å². The lowest BCUT2D eigenvalue weighted by Gasteiger charge is -2.29. The molecule has 2 rings (SSSR count). The van der Waals surface area contributed by atoms with E-state index in [1.807, 2.05) is 25.1 Å². The Bertz CT molecular complexity index is 584. The van der Waals surface area contributed by atoms with Gasteiger partial charge in [0.15, 0.2) is 17.5 Å². The van der Waals surface area contributed by atoms with Crippen molar-refractivity contribution in [1.82, 2.24) is 5.32 Å². The minimum absolute atomic E-state index is 0.290. The molecule has 1 saturated carbocycles. The second kappa shape index (κ2) is 10.3. The fourth-order valence-corrected chi connectivity index (χ4v) is 3.56. The Morgan fingerprint density at radius 2 is 1.92 bits per heavy atom. The van der Waals surface area contributed by atoms with E-state index < -0.39 is 0 Å². The first-order valence-electron chi connectivity index (χ1n) is 9.45. The molecule has 0 unspecified atom stereocenters. The molecule has 0 amide bonds. The molecule has 0 atom stereocenters. The number of hydrogen-bond acceptors (Lipinski definition) is 4. The van der Waals surface area contributed by atoms with Gasteiger partial charge in [-0.1, -0.05) is 18.9 Å². The highest BCUT2D eigenvalue weighted by Crippen LogP contribution is 2.40. The van der Waals surface area contributed by atoms with Crippen LogP contribution in [0.1, 0.15) is 44.6 Å². The molecule has 6 nitrogen and oxygen atoms in total. The van der Waals surface area contributed by atoms with Crippen LogP contribution in [0.5, 0.6) is 11.5 Å². The van der Waals surface area contributed by atoms with Crippen molar-refractivity contribution in [3.05, 3.63) is 23.8 Å². The first-order valence-corrected chi connectivity index (χ1v) is 9.45. The minimum atomic E-state index is 0.290. The van der Waals surface area contributed by atoms with Gasteiger partial charge in [-0.05, 0) is 49.3 Å². The van der Waals surface area contributed by atoms with Crippen molar-refractivity contribution >= 4 is 5.96 Å². The standard InChI is InChI=1S/C20H33N3O3/c1-4-26-12-11-20(9-5-6-10-20)15-23-19(21)22-14-16-7-8-17(24-2)18(13-16)25-3/h7-8,13H,4-6,9-12,14-15H2,1-3H3,(H3,21,22,23). The molecule has 0 aromatic heterocycles. The summed E-state index contributed by atoms with van der Waals surface area (Å²) in [6, 6.07) is 5.78. The Kier molecular flexibility index (Phi) is 8.04. The molecule has 3 N–H and O–H groups in total. The number of nitrogens with one attached hydrogen (secondary N) is 1. The van der Waals surface area contributed by atoms with Crippen LogP contribution >= 0.6 is 0 Å². The summed E-state index contributed by atoms with van der Waals surface area (Å²) in [5, 5.41) is 3.33. The Morgan fingerprint density at radius 3 is 2.58 bits per heavy atom. The van der Waals surface area contributed by atoms with Crippen LogP contribution in [0.3, 0.4) is 0 Å². The lowest BCUT2D eigenvalue weighted by molar-refractivity contribution is 0.105. The Labute approximate surface area is 157 Å². The predicted molar refractivity (Wildman–Crippen MR) is 105 cm³/mol. The lowest BCUT2D eigenvalue weighted by Crippen LogP contribution is -2.40. The molecule has 0 heterocycles. The molecule has 1 aromatic carbocycles. The van der Waals surface area contributed by atoms with Crippen molar-refractivity contribution in [2.75, 3.05) is 34.0 Å². The van der Waals surface area contributed by atoms with Crippen molar-refractivity contribution in [1.29, 1.82) is 0 Å². The zero-order chi connectivity index (χ0) is 18.8. The van der Waals surface area contributed by atoms with E-state index in [9.17, 15) is 0 Å². The number of methoxy groups -OCH3 is 2. The van der Waals surface area contributed by atoms with Crippen molar-refractivity contribution in [2.24, 2.45) is 16.1 Å². The zero-order valence-electron chi connectivity index (χ0n) is 16.3. The van der Waals surface area contributed by atoms with E-state index in [1.165, 1.54) is 25.7 Å². The molecule has 0 spiro atoms. The highest BCUT2D eigenvalue weighted by atomic mass is 16.5. The van der Waals surface area contributed by atoms with Crippen LogP contribution in [0, 0.1) is 5.41 Å². The summed E-state index contributed by atoms with van der Waals surface area (Å²) in [4.78, 5) is 4.47. The topological polar surface area (TPSA) is 78.1 Å². The number of ether oxygens (including phenoxy) is 3. The van der Waals surface area contributed by atoms with Crippen molar-refractivity contribution in [3.8, 4) is 11.5 Å². The fraction of sp³-hybridized carbons (Fsp3) is 0.650. The summed E-state index contributed by atoms with van der Waals surface area (Å²) in [5.74, 6) is 1.90. The molecular weight excluding hydrogens is 330 g/mol. The third-order valence-corrected chi connectivity index (χ3v) is 5.17. The lowest BCUT2D eigenvalue weighted by atomic mass is 9.83. The van der Waals surface area contributed by atoms with E-state index in [2.05, 4.69) is 10.3 Å².